The molecule has 0 aromatic heterocycles. The highest BCUT2D eigenvalue weighted by molar-refractivity contribution is 7.37. The molecule has 0 N–H and O–H groups in total. The first-order chi connectivity index (χ1) is 3.39. The molecule has 0 saturated heterocycles. The third-order valence-electron chi connectivity index (χ3n) is 0.940. The van der Waals surface area contributed by atoms with Gasteiger partial charge in [0.05, 0.1) is 0 Å². The zero-order valence-corrected chi connectivity index (χ0v) is 5.61. The van der Waals surface area contributed by atoms with Gasteiger partial charge in [-0.15, -0.1) is 0 Å². The summed E-state index contributed by atoms with van der Waals surface area (Å²) in [5.41, 5.74) is 1.32. The third-order valence-corrected chi connectivity index (χ3v) is 0.940. The maximum absolute atomic E-state index is 2.08. The molecule has 8 heavy (non-hydrogen) atoms. The van der Waals surface area contributed by atoms with Crippen LogP contribution in [0.25, 0.3) is 0 Å². The summed E-state index contributed by atoms with van der Waals surface area (Å²) in [4.78, 5) is 0. The highest BCUT2D eigenvalue weighted by Crippen LogP contribution is 1.92. The first-order valence-electron chi connectivity index (χ1n) is 2.41. The fourth-order valence-electron chi connectivity index (χ4n) is 0.534. The number of hydrogen-bond acceptors (Lipinski definition) is 0. The van der Waals surface area contributed by atoms with Crippen molar-refractivity contribution >= 4 is 13.5 Å². The number of benzene rings is 1. The summed E-state index contributed by atoms with van der Waals surface area (Å²) in [7, 11) is 0. The molecule has 0 aliphatic heterocycles. The van der Waals surface area contributed by atoms with Crippen molar-refractivity contribution in [3.05, 3.63) is 35.9 Å². The molecule has 1 heteroatoms. The van der Waals surface area contributed by atoms with Gasteiger partial charge in [0.1, 0.15) is 0 Å². The van der Waals surface area contributed by atoms with E-state index in [-0.39, 0.29) is 14.9 Å². The minimum atomic E-state index is 0. The predicted octanol–water partition coefficient (Wildman–Crippen LogP) is 2.11. The van der Waals surface area contributed by atoms with E-state index in [1.807, 2.05) is 18.2 Å². The fourth-order valence-corrected chi connectivity index (χ4v) is 0.534. The van der Waals surface area contributed by atoms with Crippen LogP contribution >= 0.6 is 0 Å². The Balaban J connectivity index is 0. The molecule has 0 aliphatic carbocycles. The molecule has 44 valence electrons. The van der Waals surface area contributed by atoms with Crippen LogP contribution in [0.5, 0.6) is 0 Å². The third kappa shape index (κ3) is 2.03. The van der Waals surface area contributed by atoms with Gasteiger partial charge in [-0.1, -0.05) is 35.9 Å². The molecule has 0 amide bonds. The highest BCUT2D eigenvalue weighted by atomic mass is 32.1. The van der Waals surface area contributed by atoms with Gasteiger partial charge in [0.2, 0.25) is 0 Å². The lowest BCUT2D eigenvalue weighted by Gasteiger charge is -2.00. The summed E-state index contributed by atoms with van der Waals surface area (Å²) >= 11 is 0. The summed E-state index contributed by atoms with van der Waals surface area (Å²) in [5, 5.41) is 0. The lowest BCUT2D eigenvalue weighted by Crippen LogP contribution is -1.62. The van der Waals surface area contributed by atoms with Crippen LogP contribution in [0.2, 0.25) is 0 Å². The summed E-state index contributed by atoms with van der Waals surface area (Å²) in [6, 6.07) is 10.3. The normalized spacial score (nSPS) is 7.62. The Morgan fingerprint density at radius 2 is 1.62 bits per heavy atom. The van der Waals surface area contributed by atoms with E-state index in [2.05, 4.69) is 19.1 Å². The zero-order chi connectivity index (χ0) is 5.11. The van der Waals surface area contributed by atoms with Gasteiger partial charge >= 0.3 is 1.43 Å². The molecular formula is C7H9S-. The molecule has 0 bridgehead atoms. The first kappa shape index (κ1) is 7.57. The Kier molecular flexibility index (Phi) is 3.37. The van der Waals surface area contributed by atoms with E-state index < -0.39 is 0 Å². The molecule has 0 fully saturated rings. The van der Waals surface area contributed by atoms with Gasteiger partial charge in [-0.05, 0) is 6.92 Å². The molecular weight excluding hydrogens is 116 g/mol. The first-order valence-corrected chi connectivity index (χ1v) is 2.41. The Morgan fingerprint density at radius 1 is 1.12 bits per heavy atom. The van der Waals surface area contributed by atoms with Gasteiger partial charge in [-0.3, -0.25) is 0 Å². The standard InChI is InChI=1S/C7H8.S/c1-7-5-3-2-4-6-7;/h2-6H,1H3;/q;-2/p+1. The topological polar surface area (TPSA) is 0 Å². The van der Waals surface area contributed by atoms with Crippen LogP contribution in [0.4, 0.5) is 0 Å². The van der Waals surface area contributed by atoms with E-state index in [4.69, 9.17) is 0 Å². The van der Waals surface area contributed by atoms with E-state index in [0.29, 0.717) is 0 Å². The van der Waals surface area contributed by atoms with E-state index in [1.165, 1.54) is 5.56 Å². The van der Waals surface area contributed by atoms with Gasteiger partial charge in [0.15, 0.2) is 0 Å². The van der Waals surface area contributed by atoms with E-state index in [0.717, 1.165) is 0 Å². The highest BCUT2D eigenvalue weighted by Gasteiger charge is 1.72. The van der Waals surface area contributed by atoms with Crippen LogP contribution in [0, 0.1) is 6.92 Å². The maximum atomic E-state index is 2.08. The molecule has 1 aromatic carbocycles. The van der Waals surface area contributed by atoms with Crippen LogP contribution in [-0.4, -0.2) is 0 Å². The number of aryl methyl sites for hydroxylation is 1. The Hall–Kier alpha value is -0.430. The van der Waals surface area contributed by atoms with Gasteiger partial charge in [0, 0.05) is 0 Å². The summed E-state index contributed by atoms with van der Waals surface area (Å²) < 4.78 is 0. The average Bonchev–Trinajstić information content (AvgIpc) is 1.69. The monoisotopic (exact) mass is 125 g/mol. The molecule has 0 spiro atoms. The molecule has 0 heterocycles. The lowest BCUT2D eigenvalue weighted by molar-refractivity contribution is 1.48. The Bertz CT molecular complexity index is 139. The zero-order valence-electron chi connectivity index (χ0n) is 5.79. The molecule has 0 radical (unpaired) electrons. The van der Waals surface area contributed by atoms with Crippen molar-refractivity contribution in [1.82, 2.24) is 0 Å². The minimum absolute atomic E-state index is 0. The van der Waals surface area contributed by atoms with Gasteiger partial charge in [-0.25, -0.2) is 0 Å². The van der Waals surface area contributed by atoms with Crippen LogP contribution in [0.15, 0.2) is 30.3 Å². The quantitative estimate of drug-likeness (QED) is 0.498. The van der Waals surface area contributed by atoms with Crippen LogP contribution < -0.4 is 0 Å². The lowest BCUT2D eigenvalue weighted by atomic mass is 10.2. The van der Waals surface area contributed by atoms with E-state index >= 15 is 0 Å². The molecule has 0 saturated carbocycles. The average molecular weight is 125 g/mol. The fraction of sp³-hybridized carbons (Fsp3) is 0.143. The van der Waals surface area contributed by atoms with Crippen LogP contribution in [0.1, 0.15) is 6.99 Å². The van der Waals surface area contributed by atoms with E-state index in [1.54, 1.807) is 0 Å². The van der Waals surface area contributed by atoms with Gasteiger partial charge < -0.3 is 13.5 Å². The van der Waals surface area contributed by atoms with Crippen molar-refractivity contribution in [2.24, 2.45) is 0 Å². The molecule has 1 aromatic rings. The van der Waals surface area contributed by atoms with Crippen molar-refractivity contribution in [2.45, 2.75) is 6.92 Å². The second-order valence-corrected chi connectivity index (χ2v) is 1.65. The van der Waals surface area contributed by atoms with Crippen molar-refractivity contribution in [1.29, 1.82) is 0 Å². The van der Waals surface area contributed by atoms with E-state index in [9.17, 15) is 0 Å². The van der Waals surface area contributed by atoms with Crippen molar-refractivity contribution in [3.8, 4) is 0 Å². The number of hydrogen-bond donors (Lipinski definition) is 0. The van der Waals surface area contributed by atoms with Gasteiger partial charge in [-0.2, -0.15) is 0 Å². The van der Waals surface area contributed by atoms with Crippen molar-refractivity contribution < 1.29 is 1.43 Å². The molecule has 0 unspecified atom stereocenters. The SMILES string of the molecule is Cc1ccccc1.[H+].[S-2]. The predicted molar refractivity (Wildman–Crippen MR) is 39.7 cm³/mol. The Labute approximate surface area is 58.5 Å². The molecule has 0 nitrogen and oxygen atoms in total. The maximum Gasteiger partial charge on any atom is 1.00 e. The summed E-state index contributed by atoms with van der Waals surface area (Å²) in [6.07, 6.45) is 0. The second kappa shape index (κ2) is 3.56. The molecule has 0 atom stereocenters. The summed E-state index contributed by atoms with van der Waals surface area (Å²) in [5.74, 6) is 0. The Morgan fingerprint density at radius 3 is 1.88 bits per heavy atom. The minimum Gasteiger partial charge on any atom is -2.00 e. The van der Waals surface area contributed by atoms with Crippen LogP contribution in [0.3, 0.4) is 0 Å². The summed E-state index contributed by atoms with van der Waals surface area (Å²) in [6.45, 7) is 2.08. The van der Waals surface area contributed by atoms with Crippen molar-refractivity contribution in [3.63, 3.8) is 0 Å². The molecule has 0 aliphatic rings. The largest absolute Gasteiger partial charge is 2.00 e. The van der Waals surface area contributed by atoms with Crippen molar-refractivity contribution in [2.75, 3.05) is 0 Å². The van der Waals surface area contributed by atoms with Crippen LogP contribution in [-0.2, 0) is 13.5 Å². The second-order valence-electron chi connectivity index (χ2n) is 1.65. The smallest absolute Gasteiger partial charge is 1.00 e. The molecule has 1 rings (SSSR count). The van der Waals surface area contributed by atoms with Gasteiger partial charge in [0.25, 0.3) is 0 Å². The number of rotatable bonds is 0.